The van der Waals surface area contributed by atoms with E-state index in [2.05, 4.69) is 9.47 Å². The summed E-state index contributed by atoms with van der Waals surface area (Å²) in [6, 6.07) is 0. The van der Waals surface area contributed by atoms with Gasteiger partial charge in [0.1, 0.15) is 18.0 Å². The summed E-state index contributed by atoms with van der Waals surface area (Å²) in [6.07, 6.45) is -2.10. The summed E-state index contributed by atoms with van der Waals surface area (Å²) in [4.78, 5) is 23.2. The number of methoxy groups -OCH3 is 1. The molecule has 18 heavy (non-hydrogen) atoms. The van der Waals surface area contributed by atoms with Crippen molar-refractivity contribution in [2.24, 2.45) is 11.8 Å². The molecule has 0 aromatic heterocycles. The lowest BCUT2D eigenvalue weighted by molar-refractivity contribution is -0.158. The molecule has 0 aromatic rings. The third-order valence-corrected chi connectivity index (χ3v) is 3.62. The molecule has 2 rings (SSSR count). The summed E-state index contributed by atoms with van der Waals surface area (Å²) < 4.78 is 9.19. The second-order valence-corrected chi connectivity index (χ2v) is 4.67. The molecule has 5 atom stereocenters. The summed E-state index contributed by atoms with van der Waals surface area (Å²) in [6.45, 7) is 1.22. The fourth-order valence-corrected chi connectivity index (χ4v) is 2.61. The minimum atomic E-state index is -1.87. The predicted molar refractivity (Wildman–Crippen MR) is 55.8 cm³/mol. The lowest BCUT2D eigenvalue weighted by atomic mass is 9.81. The van der Waals surface area contributed by atoms with Crippen molar-refractivity contribution < 1.29 is 34.4 Å². The molecule has 7 nitrogen and oxygen atoms in total. The van der Waals surface area contributed by atoms with Gasteiger partial charge in [-0.15, -0.1) is 0 Å². The lowest BCUT2D eigenvalue weighted by Crippen LogP contribution is -2.46. The molecule has 0 bridgehead atoms. The fourth-order valence-electron chi connectivity index (χ4n) is 2.61. The Morgan fingerprint density at radius 3 is 2.67 bits per heavy atom. The first-order valence-electron chi connectivity index (χ1n) is 5.39. The molecule has 1 heterocycles. The van der Waals surface area contributed by atoms with Crippen LogP contribution < -0.4 is 0 Å². The summed E-state index contributed by atoms with van der Waals surface area (Å²) in [7, 11) is 1.14. The van der Waals surface area contributed by atoms with Crippen LogP contribution in [-0.4, -0.2) is 52.2 Å². The first kappa shape index (κ1) is 13.0. The summed E-state index contributed by atoms with van der Waals surface area (Å²) >= 11 is 0. The lowest BCUT2D eigenvalue weighted by Gasteiger charge is -2.30. The zero-order valence-corrected chi connectivity index (χ0v) is 9.86. The number of cyclic esters (lactones) is 1. The standard InChI is InChI=1S/C11H14O7/c1-11(16)6-5(7(12)8(11)13)4(9(14)17-2)3-18-10(6)15/h3,5-8,12-13,16H,1-2H3. The van der Waals surface area contributed by atoms with Gasteiger partial charge in [-0.2, -0.15) is 0 Å². The zero-order chi connectivity index (χ0) is 13.7. The van der Waals surface area contributed by atoms with Crippen molar-refractivity contribution in [3.05, 3.63) is 11.8 Å². The maximum absolute atomic E-state index is 11.6. The normalized spacial score (nSPS) is 42.9. The molecule has 2 aliphatic rings. The van der Waals surface area contributed by atoms with E-state index in [1.165, 1.54) is 6.92 Å². The van der Waals surface area contributed by atoms with Crippen LogP contribution in [0, 0.1) is 11.8 Å². The van der Waals surface area contributed by atoms with Gasteiger partial charge in [0, 0.05) is 5.92 Å². The van der Waals surface area contributed by atoms with Gasteiger partial charge in [0.25, 0.3) is 0 Å². The zero-order valence-electron chi connectivity index (χ0n) is 9.86. The number of carbonyl (C=O) groups excluding carboxylic acids is 2. The number of hydrogen-bond donors (Lipinski definition) is 3. The van der Waals surface area contributed by atoms with E-state index >= 15 is 0 Å². The Morgan fingerprint density at radius 1 is 1.50 bits per heavy atom. The Hall–Kier alpha value is -1.44. The molecule has 3 N–H and O–H groups in total. The van der Waals surface area contributed by atoms with Gasteiger partial charge in [0.15, 0.2) is 0 Å². The molecule has 1 fully saturated rings. The number of aliphatic hydroxyl groups is 3. The number of ether oxygens (including phenoxy) is 2. The van der Waals surface area contributed by atoms with E-state index in [1.54, 1.807) is 0 Å². The summed E-state index contributed by atoms with van der Waals surface area (Å²) in [5.74, 6) is -3.82. The minimum Gasteiger partial charge on any atom is -0.466 e. The summed E-state index contributed by atoms with van der Waals surface area (Å²) in [5.41, 5.74) is -1.94. The molecule has 1 aliphatic carbocycles. The molecule has 100 valence electrons. The number of fused-ring (bicyclic) bond motifs is 1. The van der Waals surface area contributed by atoms with Gasteiger partial charge in [-0.25, -0.2) is 4.79 Å². The molecule has 0 spiro atoms. The largest absolute Gasteiger partial charge is 0.466 e. The molecular weight excluding hydrogens is 244 g/mol. The molecule has 1 saturated carbocycles. The van der Waals surface area contributed by atoms with E-state index in [4.69, 9.17) is 0 Å². The Kier molecular flexibility index (Phi) is 2.92. The van der Waals surface area contributed by atoms with E-state index in [9.17, 15) is 24.9 Å². The summed E-state index contributed by atoms with van der Waals surface area (Å²) in [5, 5.41) is 29.7. The molecular formula is C11H14O7. The second-order valence-electron chi connectivity index (χ2n) is 4.67. The minimum absolute atomic E-state index is 0.0774. The monoisotopic (exact) mass is 258 g/mol. The molecule has 0 aromatic carbocycles. The average Bonchev–Trinajstić information content (AvgIpc) is 2.51. The smallest absolute Gasteiger partial charge is 0.337 e. The molecule has 7 heteroatoms. The van der Waals surface area contributed by atoms with Gasteiger partial charge in [0.05, 0.1) is 24.7 Å². The van der Waals surface area contributed by atoms with Crippen LogP contribution in [0.15, 0.2) is 11.8 Å². The van der Waals surface area contributed by atoms with Crippen LogP contribution in [0.2, 0.25) is 0 Å². The first-order chi connectivity index (χ1) is 8.32. The maximum atomic E-state index is 11.6. The second kappa shape index (κ2) is 4.04. The number of hydrogen-bond acceptors (Lipinski definition) is 7. The molecule has 0 saturated heterocycles. The van der Waals surface area contributed by atoms with Crippen LogP contribution in [0.3, 0.4) is 0 Å². The van der Waals surface area contributed by atoms with Crippen molar-refractivity contribution in [2.75, 3.05) is 7.11 Å². The SMILES string of the molecule is COC(=O)C1=COC(=O)C2C1C(O)C(O)C2(C)O. The Bertz CT molecular complexity index is 425. The van der Waals surface area contributed by atoms with Gasteiger partial charge in [-0.3, -0.25) is 4.79 Å². The van der Waals surface area contributed by atoms with Crippen molar-refractivity contribution in [3.8, 4) is 0 Å². The van der Waals surface area contributed by atoms with E-state index in [0.717, 1.165) is 13.4 Å². The van der Waals surface area contributed by atoms with Crippen LogP contribution in [0.4, 0.5) is 0 Å². The van der Waals surface area contributed by atoms with Crippen LogP contribution in [0.25, 0.3) is 0 Å². The number of esters is 2. The van der Waals surface area contributed by atoms with E-state index in [-0.39, 0.29) is 5.57 Å². The van der Waals surface area contributed by atoms with E-state index in [1.807, 2.05) is 0 Å². The van der Waals surface area contributed by atoms with E-state index < -0.39 is 41.6 Å². The Balaban J connectivity index is 2.47. The molecule has 0 amide bonds. The Morgan fingerprint density at radius 2 is 2.11 bits per heavy atom. The molecule has 1 aliphatic heterocycles. The highest BCUT2D eigenvalue weighted by atomic mass is 16.5. The number of rotatable bonds is 1. The predicted octanol–water partition coefficient (Wildman–Crippen LogP) is -1.68. The van der Waals surface area contributed by atoms with Crippen molar-refractivity contribution in [1.82, 2.24) is 0 Å². The van der Waals surface area contributed by atoms with Gasteiger partial charge in [-0.1, -0.05) is 0 Å². The van der Waals surface area contributed by atoms with Crippen LogP contribution in [-0.2, 0) is 19.1 Å². The van der Waals surface area contributed by atoms with Crippen LogP contribution in [0.1, 0.15) is 6.92 Å². The van der Waals surface area contributed by atoms with Gasteiger partial charge in [-0.05, 0) is 6.92 Å². The van der Waals surface area contributed by atoms with Crippen LogP contribution in [0.5, 0.6) is 0 Å². The van der Waals surface area contributed by atoms with Crippen LogP contribution >= 0.6 is 0 Å². The van der Waals surface area contributed by atoms with Gasteiger partial charge in [0.2, 0.25) is 0 Å². The molecule has 5 unspecified atom stereocenters. The highest BCUT2D eigenvalue weighted by molar-refractivity contribution is 5.92. The highest BCUT2D eigenvalue weighted by Gasteiger charge is 2.63. The maximum Gasteiger partial charge on any atom is 0.337 e. The fraction of sp³-hybridized carbons (Fsp3) is 0.636. The van der Waals surface area contributed by atoms with Gasteiger partial charge < -0.3 is 24.8 Å². The quantitative estimate of drug-likeness (QED) is 0.481. The number of carbonyl (C=O) groups is 2. The Labute approximate surface area is 103 Å². The third kappa shape index (κ3) is 1.55. The first-order valence-corrected chi connectivity index (χ1v) is 5.39. The van der Waals surface area contributed by atoms with Crippen molar-refractivity contribution in [2.45, 2.75) is 24.7 Å². The van der Waals surface area contributed by atoms with Gasteiger partial charge >= 0.3 is 11.9 Å². The van der Waals surface area contributed by atoms with Crippen molar-refractivity contribution >= 4 is 11.9 Å². The third-order valence-electron chi connectivity index (χ3n) is 3.62. The highest BCUT2D eigenvalue weighted by Crippen LogP contribution is 2.47. The topological polar surface area (TPSA) is 113 Å². The molecule has 0 radical (unpaired) electrons. The van der Waals surface area contributed by atoms with Crippen molar-refractivity contribution in [1.29, 1.82) is 0 Å². The number of aliphatic hydroxyl groups excluding tert-OH is 2. The van der Waals surface area contributed by atoms with E-state index in [0.29, 0.717) is 0 Å². The average molecular weight is 258 g/mol. The van der Waals surface area contributed by atoms with Crippen molar-refractivity contribution in [3.63, 3.8) is 0 Å².